The minimum absolute atomic E-state index is 0.0260. The maximum absolute atomic E-state index is 12.2. The van der Waals surface area contributed by atoms with Gasteiger partial charge in [-0.2, -0.15) is 0 Å². The van der Waals surface area contributed by atoms with Gasteiger partial charge in [-0.15, -0.1) is 0 Å². The molecule has 3 rings (SSSR count). The van der Waals surface area contributed by atoms with Crippen LogP contribution in [0.15, 0.2) is 42.5 Å². The molecule has 0 saturated heterocycles. The van der Waals surface area contributed by atoms with Crippen LogP contribution in [0.1, 0.15) is 35.6 Å². The first kappa shape index (κ1) is 15.9. The van der Waals surface area contributed by atoms with Gasteiger partial charge in [-0.25, -0.2) is 0 Å². The summed E-state index contributed by atoms with van der Waals surface area (Å²) in [4.78, 5) is 12.2. The molecule has 1 amide bonds. The molecule has 1 atom stereocenters. The van der Waals surface area contributed by atoms with Gasteiger partial charge < -0.3 is 10.1 Å². The monoisotopic (exact) mass is 329 g/mol. The Kier molecular flexibility index (Phi) is 4.87. The molecule has 0 unspecified atom stereocenters. The van der Waals surface area contributed by atoms with E-state index in [1.54, 1.807) is 6.07 Å². The van der Waals surface area contributed by atoms with Crippen molar-refractivity contribution >= 4 is 17.5 Å². The zero-order valence-corrected chi connectivity index (χ0v) is 13.9. The van der Waals surface area contributed by atoms with Gasteiger partial charge in [-0.1, -0.05) is 41.9 Å². The molecule has 3 nitrogen and oxygen atoms in total. The van der Waals surface area contributed by atoms with E-state index in [-0.39, 0.29) is 18.6 Å². The lowest BCUT2D eigenvalue weighted by molar-refractivity contribution is -0.123. The van der Waals surface area contributed by atoms with Gasteiger partial charge in [-0.3, -0.25) is 4.79 Å². The lowest BCUT2D eigenvalue weighted by atomic mass is 9.88. The van der Waals surface area contributed by atoms with E-state index in [1.807, 2.05) is 31.2 Å². The van der Waals surface area contributed by atoms with Crippen LogP contribution in [0.2, 0.25) is 5.02 Å². The fraction of sp³-hybridized carbons (Fsp3) is 0.316. The van der Waals surface area contributed by atoms with Gasteiger partial charge in [0.05, 0.1) is 11.1 Å². The Morgan fingerprint density at radius 2 is 2.13 bits per heavy atom. The number of carbonyl (C=O) groups excluding carboxylic acids is 1. The number of benzene rings is 2. The van der Waals surface area contributed by atoms with E-state index in [4.69, 9.17) is 16.3 Å². The Hall–Kier alpha value is -2.00. The average molecular weight is 330 g/mol. The summed E-state index contributed by atoms with van der Waals surface area (Å²) in [7, 11) is 0. The fourth-order valence-corrected chi connectivity index (χ4v) is 3.18. The van der Waals surface area contributed by atoms with Crippen LogP contribution in [0.5, 0.6) is 5.75 Å². The van der Waals surface area contributed by atoms with Crippen molar-refractivity contribution in [1.29, 1.82) is 0 Å². The predicted octanol–water partition coefficient (Wildman–Crippen LogP) is 4.22. The zero-order valence-electron chi connectivity index (χ0n) is 13.1. The van der Waals surface area contributed by atoms with Crippen molar-refractivity contribution in [2.45, 2.75) is 32.2 Å². The van der Waals surface area contributed by atoms with Gasteiger partial charge in [0.2, 0.25) is 0 Å². The van der Waals surface area contributed by atoms with E-state index in [1.165, 1.54) is 11.1 Å². The number of carbonyl (C=O) groups is 1. The number of halogens is 1. The van der Waals surface area contributed by atoms with Crippen molar-refractivity contribution in [2.75, 3.05) is 6.61 Å². The van der Waals surface area contributed by atoms with Gasteiger partial charge in [-0.05, 0) is 55.0 Å². The number of aryl methyl sites for hydroxylation is 2. The molecule has 0 radical (unpaired) electrons. The lowest BCUT2D eigenvalue weighted by Gasteiger charge is -2.26. The third kappa shape index (κ3) is 3.85. The second kappa shape index (κ2) is 7.05. The van der Waals surface area contributed by atoms with Crippen molar-refractivity contribution in [2.24, 2.45) is 0 Å². The van der Waals surface area contributed by atoms with Crippen LogP contribution in [-0.4, -0.2) is 12.5 Å². The van der Waals surface area contributed by atoms with Crippen molar-refractivity contribution < 1.29 is 9.53 Å². The quantitative estimate of drug-likeness (QED) is 0.912. The van der Waals surface area contributed by atoms with Crippen molar-refractivity contribution in [1.82, 2.24) is 5.32 Å². The highest BCUT2D eigenvalue weighted by atomic mass is 35.5. The van der Waals surface area contributed by atoms with Crippen molar-refractivity contribution in [3.8, 4) is 5.75 Å². The number of hydrogen-bond acceptors (Lipinski definition) is 2. The van der Waals surface area contributed by atoms with Gasteiger partial charge in [0.25, 0.3) is 5.91 Å². The predicted molar refractivity (Wildman–Crippen MR) is 91.9 cm³/mol. The molecule has 1 N–H and O–H groups in total. The minimum Gasteiger partial charge on any atom is -0.482 e. The molecule has 0 saturated carbocycles. The summed E-state index contributed by atoms with van der Waals surface area (Å²) in [6.45, 7) is 1.93. The highest BCUT2D eigenvalue weighted by Gasteiger charge is 2.21. The molecule has 0 heterocycles. The van der Waals surface area contributed by atoms with Crippen LogP contribution in [0.3, 0.4) is 0 Å². The lowest BCUT2D eigenvalue weighted by Crippen LogP contribution is -2.34. The van der Waals surface area contributed by atoms with Crippen molar-refractivity contribution in [3.63, 3.8) is 0 Å². The summed E-state index contributed by atoms with van der Waals surface area (Å²) < 4.78 is 5.56. The first-order chi connectivity index (χ1) is 11.1. The third-order valence-corrected chi connectivity index (χ3v) is 4.46. The topological polar surface area (TPSA) is 38.3 Å². The molecular weight excluding hydrogens is 310 g/mol. The summed E-state index contributed by atoms with van der Waals surface area (Å²) in [6, 6.07) is 13.9. The van der Waals surface area contributed by atoms with Crippen LogP contribution in [-0.2, 0) is 11.2 Å². The Balaban J connectivity index is 1.61. The Labute approximate surface area is 141 Å². The summed E-state index contributed by atoms with van der Waals surface area (Å²) >= 11 is 6.08. The molecule has 0 bridgehead atoms. The number of fused-ring (bicyclic) bond motifs is 1. The fourth-order valence-electron chi connectivity index (χ4n) is 3.00. The standard InChI is InChI=1S/C19H20ClNO2/c1-13-9-10-16(20)18(11-13)23-12-19(22)21-17-8-4-6-14-5-2-3-7-15(14)17/h2-3,5,7,9-11,17H,4,6,8,12H2,1H3,(H,21,22)/t17-/m0/s1. The summed E-state index contributed by atoms with van der Waals surface area (Å²) in [5.41, 5.74) is 3.60. The molecule has 0 aliphatic heterocycles. The largest absolute Gasteiger partial charge is 0.482 e. The molecule has 4 heteroatoms. The van der Waals surface area contributed by atoms with Crippen molar-refractivity contribution in [3.05, 3.63) is 64.2 Å². The first-order valence-corrected chi connectivity index (χ1v) is 8.27. The van der Waals surface area contributed by atoms with E-state index in [0.29, 0.717) is 10.8 Å². The minimum atomic E-state index is -0.121. The van der Waals surface area contributed by atoms with Gasteiger partial charge in [0.15, 0.2) is 6.61 Å². The second-order valence-electron chi connectivity index (χ2n) is 5.93. The van der Waals surface area contributed by atoms with Crippen LogP contribution < -0.4 is 10.1 Å². The number of nitrogens with one attached hydrogen (secondary N) is 1. The summed E-state index contributed by atoms with van der Waals surface area (Å²) in [5.74, 6) is 0.426. The van der Waals surface area contributed by atoms with E-state index in [2.05, 4.69) is 17.4 Å². The van der Waals surface area contributed by atoms with Crippen LogP contribution in [0, 0.1) is 6.92 Å². The molecule has 0 aromatic heterocycles. The maximum atomic E-state index is 12.2. The van der Waals surface area contributed by atoms with E-state index >= 15 is 0 Å². The molecule has 2 aromatic rings. The molecule has 2 aromatic carbocycles. The third-order valence-electron chi connectivity index (χ3n) is 4.15. The van der Waals surface area contributed by atoms with E-state index in [0.717, 1.165) is 24.8 Å². The second-order valence-corrected chi connectivity index (χ2v) is 6.34. The molecule has 1 aliphatic carbocycles. The van der Waals surface area contributed by atoms with E-state index in [9.17, 15) is 4.79 Å². The van der Waals surface area contributed by atoms with Crippen LogP contribution in [0.25, 0.3) is 0 Å². The molecule has 120 valence electrons. The molecule has 0 fully saturated rings. The molecule has 0 spiro atoms. The number of hydrogen-bond donors (Lipinski definition) is 1. The number of amides is 1. The highest BCUT2D eigenvalue weighted by molar-refractivity contribution is 6.32. The van der Waals surface area contributed by atoms with Gasteiger partial charge in [0, 0.05) is 0 Å². The van der Waals surface area contributed by atoms with Gasteiger partial charge in [0.1, 0.15) is 5.75 Å². The summed E-state index contributed by atoms with van der Waals surface area (Å²) in [5, 5.41) is 3.59. The number of ether oxygens (including phenoxy) is 1. The average Bonchev–Trinajstić information content (AvgIpc) is 2.56. The highest BCUT2D eigenvalue weighted by Crippen LogP contribution is 2.29. The van der Waals surface area contributed by atoms with Crippen LogP contribution in [0.4, 0.5) is 0 Å². The Bertz CT molecular complexity index is 714. The van der Waals surface area contributed by atoms with Crippen LogP contribution >= 0.6 is 11.6 Å². The van der Waals surface area contributed by atoms with E-state index < -0.39 is 0 Å². The molecule has 23 heavy (non-hydrogen) atoms. The van der Waals surface area contributed by atoms with Gasteiger partial charge >= 0.3 is 0 Å². The number of rotatable bonds is 4. The SMILES string of the molecule is Cc1ccc(Cl)c(OCC(=O)N[C@H]2CCCc3ccccc32)c1. The maximum Gasteiger partial charge on any atom is 0.258 e. The summed E-state index contributed by atoms with van der Waals surface area (Å²) in [6.07, 6.45) is 3.14. The first-order valence-electron chi connectivity index (χ1n) is 7.89. The normalized spacial score (nSPS) is 16.5. The Morgan fingerprint density at radius 1 is 1.30 bits per heavy atom. The Morgan fingerprint density at radius 3 is 3.00 bits per heavy atom. The zero-order chi connectivity index (χ0) is 16.2. The molecule has 1 aliphatic rings. The smallest absolute Gasteiger partial charge is 0.258 e. The molecular formula is C19H20ClNO2.